The molecule has 1 atom stereocenters. The fraction of sp³-hybridized carbons (Fsp3) is 0.556. The van der Waals surface area contributed by atoms with Crippen molar-refractivity contribution in [1.29, 1.82) is 0 Å². The molecule has 100 valence electrons. The smallest absolute Gasteiger partial charge is 0.326 e. The van der Waals surface area contributed by atoms with Gasteiger partial charge in [0.1, 0.15) is 12.4 Å². The third kappa shape index (κ3) is 4.37. The second kappa shape index (κ2) is 6.55. The highest BCUT2D eigenvalue weighted by Crippen LogP contribution is 1.92. The Morgan fingerprint density at radius 3 is 2.78 bits per heavy atom. The molecule has 0 spiro atoms. The van der Waals surface area contributed by atoms with Crippen LogP contribution in [0.15, 0.2) is 6.33 Å². The van der Waals surface area contributed by atoms with Crippen LogP contribution in [0.4, 0.5) is 4.79 Å². The van der Waals surface area contributed by atoms with Gasteiger partial charge in [-0.05, 0) is 0 Å². The number of amides is 2. The number of nitrogens with one attached hydrogen (secondary N) is 2. The lowest BCUT2D eigenvalue weighted by molar-refractivity contribution is -0.139. The number of aliphatic hydroxyl groups is 1. The van der Waals surface area contributed by atoms with E-state index >= 15 is 0 Å². The molecule has 1 rings (SSSR count). The van der Waals surface area contributed by atoms with Crippen molar-refractivity contribution in [2.45, 2.75) is 19.0 Å². The van der Waals surface area contributed by atoms with Crippen LogP contribution in [-0.2, 0) is 18.4 Å². The number of rotatable bonds is 6. The van der Waals surface area contributed by atoms with Crippen molar-refractivity contribution in [3.63, 3.8) is 0 Å². The molecule has 1 aromatic heterocycles. The van der Waals surface area contributed by atoms with Crippen LogP contribution in [-0.4, -0.2) is 49.6 Å². The van der Waals surface area contributed by atoms with Crippen LogP contribution in [0.1, 0.15) is 12.2 Å². The van der Waals surface area contributed by atoms with E-state index in [2.05, 4.69) is 20.7 Å². The Hall–Kier alpha value is -2.16. The zero-order chi connectivity index (χ0) is 13.5. The lowest BCUT2D eigenvalue weighted by atomic mass is 10.2. The van der Waals surface area contributed by atoms with Crippen molar-refractivity contribution in [3.05, 3.63) is 12.2 Å². The zero-order valence-corrected chi connectivity index (χ0v) is 9.83. The molecule has 0 fully saturated rings. The Bertz CT molecular complexity index is 419. The van der Waals surface area contributed by atoms with Gasteiger partial charge in [0, 0.05) is 20.1 Å². The summed E-state index contributed by atoms with van der Waals surface area (Å²) >= 11 is 0. The molecule has 0 saturated carbocycles. The maximum atomic E-state index is 11.4. The molecule has 0 aliphatic rings. The standard InChI is InChI=1S/C9H15N5O4/c1-14-5-11-7(13-14)4-10-9(18)12-6(2-3-15)8(16)17/h5-6,15H,2-4H2,1H3,(H,16,17)(H2,10,12,18)/t6-/m0/s1. The first-order valence-electron chi connectivity index (χ1n) is 5.25. The maximum absolute atomic E-state index is 11.4. The number of aryl methyl sites for hydroxylation is 1. The quantitative estimate of drug-likeness (QED) is 0.488. The van der Waals surface area contributed by atoms with Gasteiger partial charge in [0.15, 0.2) is 5.82 Å². The summed E-state index contributed by atoms with van der Waals surface area (Å²) in [5, 5.41) is 26.0. The molecule has 0 bridgehead atoms. The average Bonchev–Trinajstić information content (AvgIpc) is 2.72. The van der Waals surface area contributed by atoms with Crippen molar-refractivity contribution in [2.75, 3.05) is 6.61 Å². The maximum Gasteiger partial charge on any atom is 0.326 e. The predicted octanol–water partition coefficient (Wildman–Crippen LogP) is -1.55. The molecule has 18 heavy (non-hydrogen) atoms. The molecule has 0 radical (unpaired) electrons. The SMILES string of the molecule is Cn1cnc(CNC(=O)N[C@@H](CCO)C(=O)O)n1. The number of carboxylic acids is 1. The van der Waals surface area contributed by atoms with E-state index < -0.39 is 18.0 Å². The highest BCUT2D eigenvalue weighted by Gasteiger charge is 2.18. The fourth-order valence-corrected chi connectivity index (χ4v) is 1.22. The Balaban J connectivity index is 2.38. The molecule has 9 heteroatoms. The van der Waals surface area contributed by atoms with Crippen molar-refractivity contribution in [2.24, 2.45) is 7.05 Å². The van der Waals surface area contributed by atoms with Crippen molar-refractivity contribution < 1.29 is 19.8 Å². The van der Waals surface area contributed by atoms with Gasteiger partial charge in [0.2, 0.25) is 0 Å². The number of carbonyl (C=O) groups is 2. The summed E-state index contributed by atoms with van der Waals surface area (Å²) in [6.07, 6.45) is 1.44. The molecule has 0 aliphatic heterocycles. The van der Waals surface area contributed by atoms with E-state index in [4.69, 9.17) is 10.2 Å². The highest BCUT2D eigenvalue weighted by molar-refractivity contribution is 5.82. The van der Waals surface area contributed by atoms with E-state index in [1.54, 1.807) is 7.05 Å². The van der Waals surface area contributed by atoms with Gasteiger partial charge in [-0.25, -0.2) is 14.6 Å². The Morgan fingerprint density at radius 2 is 2.28 bits per heavy atom. The minimum atomic E-state index is -1.20. The zero-order valence-electron chi connectivity index (χ0n) is 9.83. The highest BCUT2D eigenvalue weighted by atomic mass is 16.4. The van der Waals surface area contributed by atoms with Gasteiger partial charge in [0.25, 0.3) is 0 Å². The van der Waals surface area contributed by atoms with Crippen molar-refractivity contribution >= 4 is 12.0 Å². The number of carboxylic acid groups (broad SMARTS) is 1. The molecule has 0 unspecified atom stereocenters. The minimum Gasteiger partial charge on any atom is -0.480 e. The normalized spacial score (nSPS) is 11.9. The largest absolute Gasteiger partial charge is 0.480 e. The second-order valence-corrected chi connectivity index (χ2v) is 3.56. The Labute approximate surface area is 103 Å². The van der Waals surface area contributed by atoms with Crippen LogP contribution >= 0.6 is 0 Å². The van der Waals surface area contributed by atoms with E-state index in [0.29, 0.717) is 5.82 Å². The van der Waals surface area contributed by atoms with E-state index in [0.717, 1.165) is 0 Å². The summed E-state index contributed by atoms with van der Waals surface area (Å²) in [4.78, 5) is 26.0. The molecular formula is C9H15N5O4. The number of nitrogens with zero attached hydrogens (tertiary/aromatic N) is 3. The number of aliphatic carboxylic acids is 1. The summed E-state index contributed by atoms with van der Waals surface area (Å²) in [7, 11) is 1.69. The lowest BCUT2D eigenvalue weighted by Gasteiger charge is -2.13. The fourth-order valence-electron chi connectivity index (χ4n) is 1.22. The number of aromatic nitrogens is 3. The van der Waals surface area contributed by atoms with E-state index in [1.807, 2.05) is 0 Å². The first-order valence-corrected chi connectivity index (χ1v) is 5.25. The van der Waals surface area contributed by atoms with Crippen molar-refractivity contribution in [3.8, 4) is 0 Å². The molecule has 1 aromatic rings. The number of aliphatic hydroxyl groups excluding tert-OH is 1. The van der Waals surface area contributed by atoms with Crippen molar-refractivity contribution in [1.82, 2.24) is 25.4 Å². The van der Waals surface area contributed by atoms with E-state index in [-0.39, 0.29) is 19.6 Å². The molecule has 0 aromatic carbocycles. The van der Waals surface area contributed by atoms with Gasteiger partial charge in [-0.3, -0.25) is 4.68 Å². The van der Waals surface area contributed by atoms with Crippen LogP contribution in [0.2, 0.25) is 0 Å². The molecular weight excluding hydrogens is 242 g/mol. The Morgan fingerprint density at radius 1 is 1.56 bits per heavy atom. The van der Waals surface area contributed by atoms with Gasteiger partial charge in [0.05, 0.1) is 6.54 Å². The number of carbonyl (C=O) groups excluding carboxylic acids is 1. The van der Waals surface area contributed by atoms with Gasteiger partial charge >= 0.3 is 12.0 Å². The van der Waals surface area contributed by atoms with E-state index in [1.165, 1.54) is 11.0 Å². The topological polar surface area (TPSA) is 129 Å². The van der Waals surface area contributed by atoms with Gasteiger partial charge in [-0.2, -0.15) is 5.10 Å². The minimum absolute atomic E-state index is 0.0510. The van der Waals surface area contributed by atoms with Crippen LogP contribution in [0.3, 0.4) is 0 Å². The summed E-state index contributed by atoms with van der Waals surface area (Å²) in [6.45, 7) is -0.225. The van der Waals surface area contributed by atoms with Crippen LogP contribution < -0.4 is 10.6 Å². The monoisotopic (exact) mass is 257 g/mol. The van der Waals surface area contributed by atoms with Gasteiger partial charge in [-0.1, -0.05) is 0 Å². The predicted molar refractivity (Wildman–Crippen MR) is 59.5 cm³/mol. The lowest BCUT2D eigenvalue weighted by Crippen LogP contribution is -2.46. The molecule has 9 nitrogen and oxygen atoms in total. The number of hydrogen-bond donors (Lipinski definition) is 4. The summed E-state index contributed by atoms with van der Waals surface area (Å²) in [5.41, 5.74) is 0. The van der Waals surface area contributed by atoms with Crippen LogP contribution in [0.25, 0.3) is 0 Å². The molecule has 4 N–H and O–H groups in total. The summed E-state index contributed by atoms with van der Waals surface area (Å²) in [5.74, 6) is -0.781. The molecule has 1 heterocycles. The number of hydrogen-bond acceptors (Lipinski definition) is 5. The van der Waals surface area contributed by atoms with Crippen LogP contribution in [0, 0.1) is 0 Å². The molecule has 2 amide bonds. The van der Waals surface area contributed by atoms with Gasteiger partial charge in [-0.15, -0.1) is 0 Å². The van der Waals surface area contributed by atoms with E-state index in [9.17, 15) is 9.59 Å². The van der Waals surface area contributed by atoms with Crippen LogP contribution in [0.5, 0.6) is 0 Å². The summed E-state index contributed by atoms with van der Waals surface area (Å²) < 4.78 is 1.49. The third-order valence-corrected chi connectivity index (χ3v) is 2.08. The second-order valence-electron chi connectivity index (χ2n) is 3.56. The molecule has 0 saturated heterocycles. The van der Waals surface area contributed by atoms with Gasteiger partial charge < -0.3 is 20.8 Å². The average molecular weight is 257 g/mol. The number of urea groups is 1. The Kier molecular flexibility index (Phi) is 5.06. The summed E-state index contributed by atoms with van der Waals surface area (Å²) in [6, 6.07) is -1.77. The molecule has 0 aliphatic carbocycles. The first-order chi connectivity index (χ1) is 8.52. The third-order valence-electron chi connectivity index (χ3n) is 2.08. The first kappa shape index (κ1) is 13.9.